The second-order valence-electron chi connectivity index (χ2n) is 2.85. The van der Waals surface area contributed by atoms with Gasteiger partial charge in [-0.15, -0.1) is 0 Å². The van der Waals surface area contributed by atoms with Crippen LogP contribution in [0.15, 0.2) is 24.3 Å². The van der Waals surface area contributed by atoms with E-state index in [2.05, 4.69) is 60.1 Å². The van der Waals surface area contributed by atoms with Crippen molar-refractivity contribution in [2.24, 2.45) is 0 Å². The number of hydrogen-bond acceptors (Lipinski definition) is 0. The van der Waals surface area contributed by atoms with Crippen molar-refractivity contribution in [2.45, 2.75) is 13.8 Å². The van der Waals surface area contributed by atoms with Crippen molar-refractivity contribution in [3.8, 4) is 0 Å². The summed E-state index contributed by atoms with van der Waals surface area (Å²) in [6.45, 7) is 4.30. The maximum atomic E-state index is 3.36. The highest BCUT2D eigenvalue weighted by Crippen LogP contribution is 2.13. The standard InChI is InChI=1S/C11H13Br/c1-9-5-3-6-11(10(9)2)7-4-8-12/h3-7H,8H2,1-2H3. The van der Waals surface area contributed by atoms with Crippen LogP contribution in [0.3, 0.4) is 0 Å². The Kier molecular flexibility index (Phi) is 3.54. The van der Waals surface area contributed by atoms with Gasteiger partial charge in [0.25, 0.3) is 0 Å². The van der Waals surface area contributed by atoms with E-state index in [1.165, 1.54) is 16.7 Å². The Balaban J connectivity index is 3.00. The minimum Gasteiger partial charge on any atom is -0.0883 e. The summed E-state index contributed by atoms with van der Waals surface area (Å²) in [5.74, 6) is 0. The molecule has 0 fully saturated rings. The van der Waals surface area contributed by atoms with Crippen molar-refractivity contribution in [3.05, 3.63) is 41.0 Å². The summed E-state index contributed by atoms with van der Waals surface area (Å²) in [5.41, 5.74) is 4.04. The van der Waals surface area contributed by atoms with Crippen molar-refractivity contribution in [1.82, 2.24) is 0 Å². The van der Waals surface area contributed by atoms with Gasteiger partial charge in [-0.3, -0.25) is 0 Å². The summed E-state index contributed by atoms with van der Waals surface area (Å²) in [4.78, 5) is 0. The lowest BCUT2D eigenvalue weighted by atomic mass is 10.0. The van der Waals surface area contributed by atoms with Gasteiger partial charge >= 0.3 is 0 Å². The van der Waals surface area contributed by atoms with Crippen molar-refractivity contribution in [3.63, 3.8) is 0 Å². The third-order valence-corrected chi connectivity index (χ3v) is 2.41. The molecule has 1 aromatic carbocycles. The molecule has 0 amide bonds. The van der Waals surface area contributed by atoms with Gasteiger partial charge < -0.3 is 0 Å². The summed E-state index contributed by atoms with van der Waals surface area (Å²) in [7, 11) is 0. The number of alkyl halides is 1. The molecule has 0 N–H and O–H groups in total. The molecule has 0 atom stereocenters. The molecule has 64 valence electrons. The van der Waals surface area contributed by atoms with E-state index in [0.29, 0.717) is 0 Å². The first-order valence-corrected chi connectivity index (χ1v) is 5.16. The van der Waals surface area contributed by atoms with E-state index in [-0.39, 0.29) is 0 Å². The van der Waals surface area contributed by atoms with E-state index in [4.69, 9.17) is 0 Å². The van der Waals surface area contributed by atoms with Crippen LogP contribution < -0.4 is 0 Å². The zero-order valence-electron chi connectivity index (χ0n) is 7.47. The molecule has 0 saturated heterocycles. The monoisotopic (exact) mass is 224 g/mol. The molecule has 0 aliphatic carbocycles. The molecule has 1 heteroatoms. The molecule has 0 aliphatic heterocycles. The molecule has 0 unspecified atom stereocenters. The fraction of sp³-hybridized carbons (Fsp3) is 0.273. The molecule has 1 aromatic rings. The van der Waals surface area contributed by atoms with E-state index in [1.54, 1.807) is 0 Å². The molecule has 0 aliphatic rings. The minimum atomic E-state index is 0.917. The molecule has 0 spiro atoms. The van der Waals surface area contributed by atoms with Crippen LogP contribution in [-0.2, 0) is 0 Å². The van der Waals surface area contributed by atoms with Crippen LogP contribution >= 0.6 is 15.9 Å². The van der Waals surface area contributed by atoms with Gasteiger partial charge in [-0.05, 0) is 30.5 Å². The highest BCUT2D eigenvalue weighted by atomic mass is 79.9. The molecular formula is C11H13Br. The lowest BCUT2D eigenvalue weighted by Gasteiger charge is -2.02. The third kappa shape index (κ3) is 2.21. The summed E-state index contributed by atoms with van der Waals surface area (Å²) < 4.78 is 0. The highest BCUT2D eigenvalue weighted by molar-refractivity contribution is 9.09. The van der Waals surface area contributed by atoms with Crippen LogP contribution in [-0.4, -0.2) is 5.33 Å². The van der Waals surface area contributed by atoms with Crippen LogP contribution in [0.1, 0.15) is 16.7 Å². The van der Waals surface area contributed by atoms with Crippen LogP contribution in [0.25, 0.3) is 6.08 Å². The Bertz CT molecular complexity index is 287. The van der Waals surface area contributed by atoms with Gasteiger partial charge in [0.1, 0.15) is 0 Å². The lowest BCUT2D eigenvalue weighted by molar-refractivity contribution is 1.32. The predicted octanol–water partition coefficient (Wildman–Crippen LogP) is 3.71. The SMILES string of the molecule is Cc1cccc(C=CCBr)c1C. The maximum absolute atomic E-state index is 3.36. The van der Waals surface area contributed by atoms with Crippen LogP contribution in [0.5, 0.6) is 0 Å². The average molecular weight is 225 g/mol. The molecule has 0 bridgehead atoms. The molecule has 0 nitrogen and oxygen atoms in total. The number of halogens is 1. The van der Waals surface area contributed by atoms with Gasteiger partial charge in [0.05, 0.1) is 0 Å². The Labute approximate surface area is 82.4 Å². The second kappa shape index (κ2) is 4.46. The van der Waals surface area contributed by atoms with Gasteiger partial charge in [-0.1, -0.05) is 46.3 Å². The zero-order valence-corrected chi connectivity index (χ0v) is 9.06. The Hall–Kier alpha value is -0.560. The van der Waals surface area contributed by atoms with Crippen molar-refractivity contribution < 1.29 is 0 Å². The van der Waals surface area contributed by atoms with Crippen molar-refractivity contribution in [1.29, 1.82) is 0 Å². The molecule has 0 radical (unpaired) electrons. The zero-order chi connectivity index (χ0) is 8.97. The van der Waals surface area contributed by atoms with Crippen molar-refractivity contribution >= 4 is 22.0 Å². The maximum Gasteiger partial charge on any atom is 0.0215 e. The molecule has 12 heavy (non-hydrogen) atoms. The highest BCUT2D eigenvalue weighted by Gasteiger charge is 1.94. The van der Waals surface area contributed by atoms with Crippen LogP contribution in [0.2, 0.25) is 0 Å². The smallest absolute Gasteiger partial charge is 0.0215 e. The number of allylic oxidation sites excluding steroid dienone is 1. The summed E-state index contributed by atoms with van der Waals surface area (Å²) in [5, 5.41) is 0.917. The second-order valence-corrected chi connectivity index (χ2v) is 3.49. The van der Waals surface area contributed by atoms with Crippen LogP contribution in [0, 0.1) is 13.8 Å². The van der Waals surface area contributed by atoms with E-state index in [0.717, 1.165) is 5.33 Å². The molecular weight excluding hydrogens is 212 g/mol. The quantitative estimate of drug-likeness (QED) is 0.673. The molecule has 0 saturated carbocycles. The first-order chi connectivity index (χ1) is 5.75. The van der Waals surface area contributed by atoms with E-state index in [9.17, 15) is 0 Å². The van der Waals surface area contributed by atoms with E-state index in [1.807, 2.05) is 0 Å². The summed E-state index contributed by atoms with van der Waals surface area (Å²) >= 11 is 3.36. The Morgan fingerprint density at radius 2 is 2.08 bits per heavy atom. The largest absolute Gasteiger partial charge is 0.0883 e. The number of rotatable bonds is 2. The van der Waals surface area contributed by atoms with Gasteiger partial charge in [-0.2, -0.15) is 0 Å². The molecule has 1 rings (SSSR count). The molecule has 0 aromatic heterocycles. The fourth-order valence-electron chi connectivity index (χ4n) is 1.13. The fourth-order valence-corrected chi connectivity index (χ4v) is 1.31. The number of benzene rings is 1. The number of aryl methyl sites for hydroxylation is 1. The Morgan fingerprint density at radius 3 is 2.75 bits per heavy atom. The van der Waals surface area contributed by atoms with Gasteiger partial charge in [0, 0.05) is 5.33 Å². The van der Waals surface area contributed by atoms with E-state index >= 15 is 0 Å². The first-order valence-electron chi connectivity index (χ1n) is 4.04. The summed E-state index contributed by atoms with van der Waals surface area (Å²) in [6.07, 6.45) is 4.26. The summed E-state index contributed by atoms with van der Waals surface area (Å²) in [6, 6.07) is 6.37. The topological polar surface area (TPSA) is 0 Å². The third-order valence-electron chi connectivity index (χ3n) is 2.03. The number of hydrogen-bond donors (Lipinski definition) is 0. The molecule has 0 heterocycles. The van der Waals surface area contributed by atoms with Crippen molar-refractivity contribution in [2.75, 3.05) is 5.33 Å². The van der Waals surface area contributed by atoms with Gasteiger partial charge in [-0.25, -0.2) is 0 Å². The van der Waals surface area contributed by atoms with E-state index < -0.39 is 0 Å². The lowest BCUT2D eigenvalue weighted by Crippen LogP contribution is -1.84. The first kappa shape index (κ1) is 9.53. The van der Waals surface area contributed by atoms with Gasteiger partial charge in [0.2, 0.25) is 0 Å². The average Bonchev–Trinajstić information content (AvgIpc) is 2.08. The Morgan fingerprint density at radius 1 is 1.33 bits per heavy atom. The van der Waals surface area contributed by atoms with Crippen LogP contribution in [0.4, 0.5) is 0 Å². The van der Waals surface area contributed by atoms with Gasteiger partial charge in [0.15, 0.2) is 0 Å². The predicted molar refractivity (Wildman–Crippen MR) is 58.7 cm³/mol. The normalized spacial score (nSPS) is 10.9. The minimum absolute atomic E-state index is 0.917.